The molecule has 84 valence electrons. The number of benzene rings is 1. The average molecular weight is 237 g/mol. The molecule has 1 N–H and O–H groups in total. The summed E-state index contributed by atoms with van der Waals surface area (Å²) in [7, 11) is 0. The van der Waals surface area contributed by atoms with Gasteiger partial charge in [-0.15, -0.1) is 10.2 Å². The summed E-state index contributed by atoms with van der Waals surface area (Å²) in [4.78, 5) is 0. The zero-order valence-electron chi connectivity index (χ0n) is 9.12. The summed E-state index contributed by atoms with van der Waals surface area (Å²) in [5, 5.41) is 12.6. The molecule has 0 saturated carbocycles. The van der Waals surface area contributed by atoms with Crippen molar-refractivity contribution in [3.05, 3.63) is 29.6 Å². The number of nitrogens with zero attached hydrogens (tertiary/aromatic N) is 2. The molecule has 1 heterocycles. The molecule has 0 atom stereocenters. The number of aromatic nitrogens is 2. The quantitative estimate of drug-likeness (QED) is 0.891. The van der Waals surface area contributed by atoms with Gasteiger partial charge in [-0.05, 0) is 37.6 Å². The highest BCUT2D eigenvalue weighted by Gasteiger charge is 2.07. The van der Waals surface area contributed by atoms with Crippen molar-refractivity contribution in [1.82, 2.24) is 10.2 Å². The summed E-state index contributed by atoms with van der Waals surface area (Å²) in [5.74, 6) is -0.241. The molecule has 0 fully saturated rings. The van der Waals surface area contributed by atoms with Crippen LogP contribution < -0.4 is 5.32 Å². The Morgan fingerprint density at radius 2 is 2.12 bits per heavy atom. The zero-order valence-corrected chi connectivity index (χ0v) is 9.94. The summed E-state index contributed by atoms with van der Waals surface area (Å²) in [6.07, 6.45) is 0. The molecule has 1 aromatic carbocycles. The first-order valence-electron chi connectivity index (χ1n) is 5.04. The van der Waals surface area contributed by atoms with Crippen LogP contribution in [0.15, 0.2) is 18.2 Å². The van der Waals surface area contributed by atoms with Gasteiger partial charge in [0.25, 0.3) is 0 Å². The predicted molar refractivity (Wildman–Crippen MR) is 64.2 cm³/mol. The van der Waals surface area contributed by atoms with Crippen LogP contribution in [0.2, 0.25) is 0 Å². The van der Waals surface area contributed by atoms with Crippen molar-refractivity contribution in [2.45, 2.75) is 13.8 Å². The maximum atomic E-state index is 13.2. The number of nitrogens with one attached hydrogen (secondary N) is 1. The maximum Gasteiger partial charge on any atom is 0.205 e. The van der Waals surface area contributed by atoms with Crippen LogP contribution in [0.5, 0.6) is 0 Å². The fourth-order valence-electron chi connectivity index (χ4n) is 1.42. The van der Waals surface area contributed by atoms with Crippen LogP contribution in [0, 0.1) is 12.7 Å². The standard InChI is InChI=1S/C11H12FN3S/c1-3-13-11-15-14-10(16-11)8-4-7(2)5-9(12)6-8/h4-6H,3H2,1-2H3,(H,13,15). The van der Waals surface area contributed by atoms with Crippen LogP contribution in [0.3, 0.4) is 0 Å². The summed E-state index contributed by atoms with van der Waals surface area (Å²) < 4.78 is 13.2. The Hall–Kier alpha value is -1.49. The van der Waals surface area contributed by atoms with E-state index in [9.17, 15) is 4.39 Å². The van der Waals surface area contributed by atoms with Gasteiger partial charge in [0.2, 0.25) is 5.13 Å². The smallest absolute Gasteiger partial charge is 0.205 e. The molecule has 0 saturated heterocycles. The fraction of sp³-hybridized carbons (Fsp3) is 0.273. The van der Waals surface area contributed by atoms with E-state index in [2.05, 4.69) is 15.5 Å². The van der Waals surface area contributed by atoms with Crippen molar-refractivity contribution >= 4 is 16.5 Å². The molecule has 0 aliphatic heterocycles. The SMILES string of the molecule is CCNc1nnc(-c2cc(C)cc(F)c2)s1. The first-order valence-corrected chi connectivity index (χ1v) is 5.85. The van der Waals surface area contributed by atoms with Gasteiger partial charge in [0.1, 0.15) is 10.8 Å². The molecule has 2 rings (SSSR count). The highest BCUT2D eigenvalue weighted by molar-refractivity contribution is 7.18. The van der Waals surface area contributed by atoms with E-state index >= 15 is 0 Å². The number of hydrogen-bond acceptors (Lipinski definition) is 4. The third kappa shape index (κ3) is 2.36. The van der Waals surface area contributed by atoms with Gasteiger partial charge in [0.15, 0.2) is 0 Å². The number of rotatable bonds is 3. The van der Waals surface area contributed by atoms with Crippen molar-refractivity contribution in [2.24, 2.45) is 0 Å². The Morgan fingerprint density at radius 1 is 1.31 bits per heavy atom. The molecule has 2 aromatic rings. The Bertz CT molecular complexity index is 475. The van der Waals surface area contributed by atoms with Crippen LogP contribution >= 0.6 is 11.3 Å². The monoisotopic (exact) mass is 237 g/mol. The minimum atomic E-state index is -0.241. The van der Waals surface area contributed by atoms with Gasteiger partial charge in [0.05, 0.1) is 0 Å². The van der Waals surface area contributed by atoms with Crippen molar-refractivity contribution in [2.75, 3.05) is 11.9 Å². The van der Waals surface area contributed by atoms with Crippen LogP contribution in [0.4, 0.5) is 9.52 Å². The van der Waals surface area contributed by atoms with Crippen LogP contribution in [-0.2, 0) is 0 Å². The number of halogens is 1. The maximum absolute atomic E-state index is 13.2. The van der Waals surface area contributed by atoms with Crippen molar-refractivity contribution < 1.29 is 4.39 Å². The van der Waals surface area contributed by atoms with Crippen LogP contribution in [0.25, 0.3) is 10.6 Å². The van der Waals surface area contributed by atoms with E-state index in [0.717, 1.165) is 27.8 Å². The third-order valence-electron chi connectivity index (χ3n) is 2.04. The van der Waals surface area contributed by atoms with Gasteiger partial charge in [-0.25, -0.2) is 4.39 Å². The van der Waals surface area contributed by atoms with Gasteiger partial charge in [-0.3, -0.25) is 0 Å². The lowest BCUT2D eigenvalue weighted by molar-refractivity contribution is 0.627. The lowest BCUT2D eigenvalue weighted by atomic mass is 10.1. The third-order valence-corrected chi connectivity index (χ3v) is 2.97. The molecule has 0 bridgehead atoms. The van der Waals surface area contributed by atoms with Gasteiger partial charge < -0.3 is 5.32 Å². The minimum absolute atomic E-state index is 0.241. The second-order valence-corrected chi connectivity index (χ2v) is 4.44. The summed E-state index contributed by atoms with van der Waals surface area (Å²) >= 11 is 1.43. The fourth-order valence-corrected chi connectivity index (χ4v) is 2.22. The van der Waals surface area contributed by atoms with Gasteiger partial charge in [0, 0.05) is 12.1 Å². The van der Waals surface area contributed by atoms with Gasteiger partial charge in [-0.2, -0.15) is 0 Å². The van der Waals surface area contributed by atoms with Crippen LogP contribution in [0.1, 0.15) is 12.5 Å². The van der Waals surface area contributed by atoms with E-state index in [4.69, 9.17) is 0 Å². The Labute approximate surface area is 97.3 Å². The van der Waals surface area contributed by atoms with Gasteiger partial charge >= 0.3 is 0 Å². The lowest BCUT2D eigenvalue weighted by Crippen LogP contribution is -1.94. The summed E-state index contributed by atoms with van der Waals surface area (Å²) in [6, 6.07) is 4.87. The summed E-state index contributed by atoms with van der Waals surface area (Å²) in [6.45, 7) is 4.66. The molecular formula is C11H12FN3S. The Kier molecular flexibility index (Phi) is 3.14. The molecule has 0 amide bonds. The summed E-state index contributed by atoms with van der Waals surface area (Å²) in [5.41, 5.74) is 1.66. The average Bonchev–Trinajstić information content (AvgIpc) is 2.65. The highest BCUT2D eigenvalue weighted by atomic mass is 32.1. The molecule has 0 aliphatic carbocycles. The molecule has 16 heavy (non-hydrogen) atoms. The van der Waals surface area contributed by atoms with E-state index in [1.165, 1.54) is 23.5 Å². The molecule has 0 radical (unpaired) electrons. The second-order valence-electron chi connectivity index (χ2n) is 3.46. The van der Waals surface area contributed by atoms with Crippen LogP contribution in [-0.4, -0.2) is 16.7 Å². The molecule has 3 nitrogen and oxygen atoms in total. The number of aryl methyl sites for hydroxylation is 1. The highest BCUT2D eigenvalue weighted by Crippen LogP contribution is 2.27. The number of anilines is 1. The van der Waals surface area contributed by atoms with Crippen molar-refractivity contribution in [1.29, 1.82) is 0 Å². The first-order chi connectivity index (χ1) is 7.69. The van der Waals surface area contributed by atoms with Crippen molar-refractivity contribution in [3.8, 4) is 10.6 Å². The Morgan fingerprint density at radius 3 is 2.81 bits per heavy atom. The molecule has 0 spiro atoms. The molecule has 0 aliphatic rings. The second kappa shape index (κ2) is 4.57. The van der Waals surface area contributed by atoms with E-state index in [0.29, 0.717) is 0 Å². The normalized spacial score (nSPS) is 10.4. The van der Waals surface area contributed by atoms with Crippen molar-refractivity contribution in [3.63, 3.8) is 0 Å². The van der Waals surface area contributed by atoms with Gasteiger partial charge in [-0.1, -0.05) is 11.3 Å². The van der Waals surface area contributed by atoms with E-state index < -0.39 is 0 Å². The molecule has 1 aromatic heterocycles. The number of hydrogen-bond donors (Lipinski definition) is 1. The van der Waals surface area contributed by atoms with E-state index in [1.54, 1.807) is 0 Å². The molecule has 5 heteroatoms. The molecular weight excluding hydrogens is 225 g/mol. The van der Waals surface area contributed by atoms with E-state index in [1.807, 2.05) is 19.9 Å². The molecule has 0 unspecified atom stereocenters. The Balaban J connectivity index is 2.34. The van der Waals surface area contributed by atoms with E-state index in [-0.39, 0.29) is 5.82 Å². The zero-order chi connectivity index (χ0) is 11.5. The minimum Gasteiger partial charge on any atom is -0.360 e. The largest absolute Gasteiger partial charge is 0.360 e. The topological polar surface area (TPSA) is 37.8 Å². The lowest BCUT2D eigenvalue weighted by Gasteiger charge is -1.98. The first kappa shape index (κ1) is 11.0. The predicted octanol–water partition coefficient (Wildman–Crippen LogP) is 3.08.